The summed E-state index contributed by atoms with van der Waals surface area (Å²) < 4.78 is 27.5. The molecule has 112 valence electrons. The fourth-order valence-corrected chi connectivity index (χ4v) is 3.61. The van der Waals surface area contributed by atoms with Crippen molar-refractivity contribution in [2.75, 3.05) is 19.4 Å². The van der Waals surface area contributed by atoms with E-state index in [9.17, 15) is 8.42 Å². The maximum atomic E-state index is 12.7. The monoisotopic (exact) mass is 369 g/mol. The van der Waals surface area contributed by atoms with Crippen LogP contribution in [0.5, 0.6) is 0 Å². The van der Waals surface area contributed by atoms with Crippen LogP contribution in [0.2, 0.25) is 0 Å². The second-order valence-corrected chi connectivity index (χ2v) is 7.32. The Morgan fingerprint density at radius 3 is 2.62 bits per heavy atom. The summed E-state index contributed by atoms with van der Waals surface area (Å²) in [5.74, 6) is 0.344. The minimum absolute atomic E-state index is 0.169. The lowest BCUT2D eigenvalue weighted by Crippen LogP contribution is -2.27. The molecule has 7 heteroatoms. The molecule has 2 rings (SSSR count). The molecule has 5 nitrogen and oxygen atoms in total. The second-order valence-electron chi connectivity index (χ2n) is 4.45. The first kappa shape index (κ1) is 15.9. The zero-order valence-corrected chi connectivity index (χ0v) is 14.1. The minimum Gasteiger partial charge on any atom is -0.372 e. The van der Waals surface area contributed by atoms with E-state index in [2.05, 4.69) is 26.2 Å². The summed E-state index contributed by atoms with van der Waals surface area (Å²) in [5, 5.41) is 2.81. The van der Waals surface area contributed by atoms with E-state index in [1.54, 1.807) is 32.4 Å². The normalized spacial score (nSPS) is 11.6. The Kier molecular flexibility index (Phi) is 4.97. The Labute approximate surface area is 133 Å². The van der Waals surface area contributed by atoms with E-state index in [-0.39, 0.29) is 11.4 Å². The summed E-state index contributed by atoms with van der Waals surface area (Å²) in [6, 6.07) is 10.7. The fourth-order valence-electron chi connectivity index (χ4n) is 1.91. The van der Waals surface area contributed by atoms with Crippen molar-refractivity contribution in [2.45, 2.75) is 11.4 Å². The first-order chi connectivity index (χ1) is 9.96. The van der Waals surface area contributed by atoms with E-state index < -0.39 is 10.0 Å². The van der Waals surface area contributed by atoms with Crippen LogP contribution in [0.3, 0.4) is 0 Å². The van der Waals surface area contributed by atoms with Crippen LogP contribution in [-0.4, -0.2) is 31.8 Å². The summed E-state index contributed by atoms with van der Waals surface area (Å²) in [5.41, 5.74) is 0.901. The lowest BCUT2D eigenvalue weighted by Gasteiger charge is -2.19. The maximum Gasteiger partial charge on any atom is 0.246 e. The van der Waals surface area contributed by atoms with Gasteiger partial charge < -0.3 is 5.32 Å². The highest BCUT2D eigenvalue weighted by atomic mass is 79.9. The quantitative estimate of drug-likeness (QED) is 0.879. The average Bonchev–Trinajstić information content (AvgIpc) is 2.49. The summed E-state index contributed by atoms with van der Waals surface area (Å²) >= 11 is 3.43. The number of anilines is 1. The molecule has 0 bridgehead atoms. The van der Waals surface area contributed by atoms with Crippen LogP contribution in [0.1, 0.15) is 5.56 Å². The number of hydrogen-bond donors (Lipinski definition) is 1. The fraction of sp³-hybridized carbons (Fsp3) is 0.214. The molecular formula is C14H16BrN3O2S. The van der Waals surface area contributed by atoms with Gasteiger partial charge >= 0.3 is 0 Å². The third-order valence-corrected chi connectivity index (χ3v) is 5.66. The molecule has 0 amide bonds. The molecule has 0 fully saturated rings. The van der Waals surface area contributed by atoms with Crippen LogP contribution in [-0.2, 0) is 16.6 Å². The number of sulfonamides is 1. The smallest absolute Gasteiger partial charge is 0.246 e. The van der Waals surface area contributed by atoms with Gasteiger partial charge in [0.2, 0.25) is 10.0 Å². The van der Waals surface area contributed by atoms with Gasteiger partial charge in [-0.05, 0) is 23.8 Å². The molecule has 0 radical (unpaired) electrons. The van der Waals surface area contributed by atoms with Gasteiger partial charge in [-0.3, -0.25) is 0 Å². The number of aromatic nitrogens is 1. The Hall–Kier alpha value is -1.44. The molecule has 21 heavy (non-hydrogen) atoms. The Morgan fingerprint density at radius 2 is 1.95 bits per heavy atom. The molecule has 0 unspecified atom stereocenters. The van der Waals surface area contributed by atoms with Crippen LogP contribution < -0.4 is 5.32 Å². The summed E-state index contributed by atoms with van der Waals surface area (Å²) in [7, 11) is -0.404. The van der Waals surface area contributed by atoms with Crippen molar-refractivity contribution < 1.29 is 8.42 Å². The Balaban J connectivity index is 2.33. The predicted molar refractivity (Wildman–Crippen MR) is 86.6 cm³/mol. The van der Waals surface area contributed by atoms with Gasteiger partial charge in [0.25, 0.3) is 0 Å². The van der Waals surface area contributed by atoms with E-state index in [1.807, 2.05) is 24.3 Å². The van der Waals surface area contributed by atoms with Gasteiger partial charge in [0.1, 0.15) is 10.7 Å². The maximum absolute atomic E-state index is 12.7. The molecule has 0 atom stereocenters. The van der Waals surface area contributed by atoms with Crippen LogP contribution >= 0.6 is 15.9 Å². The summed E-state index contributed by atoms with van der Waals surface area (Å²) in [6.45, 7) is 0.280. The van der Waals surface area contributed by atoms with E-state index in [0.717, 1.165) is 10.0 Å². The number of nitrogens with one attached hydrogen (secondary N) is 1. The van der Waals surface area contributed by atoms with Gasteiger partial charge in [0, 0.05) is 31.3 Å². The van der Waals surface area contributed by atoms with Gasteiger partial charge in [-0.1, -0.05) is 34.1 Å². The van der Waals surface area contributed by atoms with Crippen molar-refractivity contribution >= 4 is 31.8 Å². The molecule has 0 saturated heterocycles. The van der Waals surface area contributed by atoms with Gasteiger partial charge in [0.05, 0.1) is 0 Å². The van der Waals surface area contributed by atoms with Crippen LogP contribution in [0.15, 0.2) is 52.0 Å². The van der Waals surface area contributed by atoms with Gasteiger partial charge in [0.15, 0.2) is 0 Å². The van der Waals surface area contributed by atoms with Gasteiger partial charge in [-0.15, -0.1) is 0 Å². The predicted octanol–water partition coefficient (Wildman–Crippen LogP) is 2.71. The number of halogens is 1. The van der Waals surface area contributed by atoms with E-state index in [1.165, 1.54) is 4.31 Å². The number of nitrogens with zero attached hydrogens (tertiary/aromatic N) is 2. The molecule has 0 aliphatic rings. The molecule has 2 aromatic rings. The first-order valence-corrected chi connectivity index (χ1v) is 8.52. The third-order valence-electron chi connectivity index (χ3n) is 3.05. The van der Waals surface area contributed by atoms with Crippen molar-refractivity contribution in [1.29, 1.82) is 0 Å². The molecule has 1 N–H and O–H groups in total. The van der Waals surface area contributed by atoms with Crippen LogP contribution in [0.4, 0.5) is 5.82 Å². The Bertz CT molecular complexity index is 735. The molecule has 0 spiro atoms. The van der Waals surface area contributed by atoms with Gasteiger partial charge in [-0.25, -0.2) is 13.4 Å². The highest BCUT2D eigenvalue weighted by Gasteiger charge is 2.24. The van der Waals surface area contributed by atoms with Crippen LogP contribution in [0.25, 0.3) is 0 Å². The largest absolute Gasteiger partial charge is 0.372 e. The number of rotatable bonds is 5. The van der Waals surface area contributed by atoms with Crippen molar-refractivity contribution in [2.24, 2.45) is 0 Å². The first-order valence-electron chi connectivity index (χ1n) is 6.29. The van der Waals surface area contributed by atoms with Crippen LogP contribution in [0, 0.1) is 0 Å². The highest BCUT2D eigenvalue weighted by Crippen LogP contribution is 2.24. The zero-order chi connectivity index (χ0) is 15.5. The van der Waals surface area contributed by atoms with E-state index in [0.29, 0.717) is 5.82 Å². The van der Waals surface area contributed by atoms with Crippen molar-refractivity contribution in [3.8, 4) is 0 Å². The van der Waals surface area contributed by atoms with Crippen molar-refractivity contribution in [1.82, 2.24) is 9.29 Å². The second kappa shape index (κ2) is 6.55. The summed E-state index contributed by atoms with van der Waals surface area (Å²) in [6.07, 6.45) is 1.55. The standard InChI is InChI=1S/C14H16BrN3O2S/c1-16-14-13(8-5-9-17-14)21(19,20)18(2)10-11-6-3-4-7-12(11)15/h3-9H,10H2,1-2H3,(H,16,17). The molecule has 1 aromatic carbocycles. The van der Waals surface area contributed by atoms with Gasteiger partial charge in [-0.2, -0.15) is 4.31 Å². The minimum atomic E-state index is -3.61. The zero-order valence-electron chi connectivity index (χ0n) is 11.7. The molecule has 1 aromatic heterocycles. The van der Waals surface area contributed by atoms with E-state index >= 15 is 0 Å². The van der Waals surface area contributed by atoms with Crippen molar-refractivity contribution in [3.63, 3.8) is 0 Å². The highest BCUT2D eigenvalue weighted by molar-refractivity contribution is 9.10. The molecular weight excluding hydrogens is 354 g/mol. The average molecular weight is 370 g/mol. The number of benzene rings is 1. The van der Waals surface area contributed by atoms with Crippen molar-refractivity contribution in [3.05, 3.63) is 52.6 Å². The molecule has 1 heterocycles. The lowest BCUT2D eigenvalue weighted by atomic mass is 10.2. The topological polar surface area (TPSA) is 62.3 Å². The lowest BCUT2D eigenvalue weighted by molar-refractivity contribution is 0.466. The third kappa shape index (κ3) is 3.42. The number of pyridine rings is 1. The molecule has 0 aliphatic heterocycles. The Morgan fingerprint density at radius 1 is 1.24 bits per heavy atom. The number of hydrogen-bond acceptors (Lipinski definition) is 4. The van der Waals surface area contributed by atoms with E-state index in [4.69, 9.17) is 0 Å². The SMILES string of the molecule is CNc1ncccc1S(=O)(=O)N(C)Cc1ccccc1Br. The molecule has 0 aliphatic carbocycles. The molecule has 0 saturated carbocycles. The summed E-state index contributed by atoms with van der Waals surface area (Å²) in [4.78, 5) is 4.21.